The first-order valence-electron chi connectivity index (χ1n) is 7.16. The van der Waals surface area contributed by atoms with Crippen molar-refractivity contribution < 1.29 is 0 Å². The third-order valence-corrected chi connectivity index (χ3v) is 3.56. The first-order valence-corrected chi connectivity index (χ1v) is 7.16. The summed E-state index contributed by atoms with van der Waals surface area (Å²) in [5, 5.41) is 8.85. The molecule has 0 aliphatic rings. The molecular formula is C18H21N3. The predicted octanol–water partition coefficient (Wildman–Crippen LogP) is 3.55. The lowest BCUT2D eigenvalue weighted by molar-refractivity contribution is 0.203. The second-order valence-electron chi connectivity index (χ2n) is 5.55. The molecule has 0 spiro atoms. The van der Waals surface area contributed by atoms with Gasteiger partial charge < -0.3 is 5.73 Å². The molecule has 0 heterocycles. The molecule has 0 aliphatic heterocycles. The van der Waals surface area contributed by atoms with Crippen LogP contribution in [-0.4, -0.2) is 10.9 Å². The maximum Gasteiger partial charge on any atom is 0.0991 e. The normalized spacial score (nSPS) is 10.8. The van der Waals surface area contributed by atoms with E-state index in [1.165, 1.54) is 11.1 Å². The van der Waals surface area contributed by atoms with Gasteiger partial charge in [0.05, 0.1) is 11.6 Å². The lowest BCUT2D eigenvalue weighted by atomic mass is 10.1. The van der Waals surface area contributed by atoms with Crippen LogP contribution in [0, 0.1) is 11.3 Å². The molecule has 0 radical (unpaired) electrons. The number of benzene rings is 2. The molecule has 0 aromatic heterocycles. The summed E-state index contributed by atoms with van der Waals surface area (Å²) in [6.45, 7) is 6.15. The number of nitrogens with two attached hydrogens (primary N) is 1. The molecule has 21 heavy (non-hydrogen) atoms. The van der Waals surface area contributed by atoms with E-state index in [0.717, 1.165) is 18.8 Å². The fourth-order valence-electron chi connectivity index (χ4n) is 2.20. The topological polar surface area (TPSA) is 53.0 Å². The van der Waals surface area contributed by atoms with E-state index in [2.05, 4.69) is 36.9 Å². The molecule has 2 N–H and O–H groups in total. The van der Waals surface area contributed by atoms with Crippen molar-refractivity contribution in [1.82, 2.24) is 4.90 Å². The van der Waals surface area contributed by atoms with Crippen LogP contribution in [0.5, 0.6) is 0 Å². The third-order valence-electron chi connectivity index (χ3n) is 3.56. The molecule has 0 fully saturated rings. The van der Waals surface area contributed by atoms with Crippen LogP contribution in [0.4, 0.5) is 5.69 Å². The summed E-state index contributed by atoms with van der Waals surface area (Å²) in [6, 6.07) is 18.4. The minimum atomic E-state index is 0.443. The largest absolute Gasteiger partial charge is 0.399 e. The number of anilines is 1. The molecule has 0 aliphatic carbocycles. The van der Waals surface area contributed by atoms with Crippen molar-refractivity contribution in [2.75, 3.05) is 5.73 Å². The van der Waals surface area contributed by atoms with Crippen molar-refractivity contribution in [3.63, 3.8) is 0 Å². The quantitative estimate of drug-likeness (QED) is 0.852. The van der Waals surface area contributed by atoms with Gasteiger partial charge in [0.2, 0.25) is 0 Å². The molecule has 2 aromatic rings. The molecule has 3 heteroatoms. The molecule has 0 atom stereocenters. The van der Waals surface area contributed by atoms with Crippen LogP contribution < -0.4 is 5.73 Å². The Balaban J connectivity index is 2.08. The highest BCUT2D eigenvalue weighted by Gasteiger charge is 2.11. The molecular weight excluding hydrogens is 258 g/mol. The van der Waals surface area contributed by atoms with E-state index in [1.54, 1.807) is 0 Å². The number of nitrogens with zero attached hydrogens (tertiary/aromatic N) is 2. The summed E-state index contributed by atoms with van der Waals surface area (Å²) in [7, 11) is 0. The van der Waals surface area contributed by atoms with Gasteiger partial charge in [-0.2, -0.15) is 5.26 Å². The van der Waals surface area contributed by atoms with Crippen molar-refractivity contribution >= 4 is 5.69 Å². The zero-order chi connectivity index (χ0) is 15.2. The molecule has 0 saturated heterocycles. The van der Waals surface area contributed by atoms with Crippen LogP contribution in [0.1, 0.15) is 30.5 Å². The average molecular weight is 279 g/mol. The van der Waals surface area contributed by atoms with Crippen molar-refractivity contribution in [3.8, 4) is 6.07 Å². The van der Waals surface area contributed by atoms with Gasteiger partial charge in [0.25, 0.3) is 0 Å². The standard InChI is InChI=1S/C18H21N3/c1-14(2)21(13-17-7-9-18(20)10-8-17)12-16-5-3-15(11-19)4-6-16/h3-10,14H,12-13,20H2,1-2H3. The molecule has 0 amide bonds. The molecule has 3 nitrogen and oxygen atoms in total. The number of hydrogen-bond donors (Lipinski definition) is 1. The van der Waals surface area contributed by atoms with Crippen LogP contribution in [-0.2, 0) is 13.1 Å². The predicted molar refractivity (Wildman–Crippen MR) is 86.4 cm³/mol. The molecule has 0 saturated carbocycles. The van der Waals surface area contributed by atoms with Crippen LogP contribution in [0.2, 0.25) is 0 Å². The smallest absolute Gasteiger partial charge is 0.0991 e. The van der Waals surface area contributed by atoms with Crippen molar-refractivity contribution in [1.29, 1.82) is 5.26 Å². The lowest BCUT2D eigenvalue weighted by Gasteiger charge is -2.26. The third kappa shape index (κ3) is 4.34. The van der Waals surface area contributed by atoms with Gasteiger partial charge in [0.1, 0.15) is 0 Å². The maximum absolute atomic E-state index is 8.85. The SMILES string of the molecule is CC(C)N(Cc1ccc(N)cc1)Cc1ccc(C#N)cc1. The second kappa shape index (κ2) is 6.92. The maximum atomic E-state index is 8.85. The first kappa shape index (κ1) is 15.1. The highest BCUT2D eigenvalue weighted by molar-refractivity contribution is 5.39. The number of rotatable bonds is 5. The van der Waals surface area contributed by atoms with Crippen molar-refractivity contribution in [2.24, 2.45) is 0 Å². The number of nitriles is 1. The number of nitrogen functional groups attached to an aromatic ring is 1. The van der Waals surface area contributed by atoms with E-state index >= 15 is 0 Å². The summed E-state index contributed by atoms with van der Waals surface area (Å²) < 4.78 is 0. The second-order valence-corrected chi connectivity index (χ2v) is 5.55. The highest BCUT2D eigenvalue weighted by Crippen LogP contribution is 2.15. The lowest BCUT2D eigenvalue weighted by Crippen LogP contribution is -2.29. The van der Waals surface area contributed by atoms with Gasteiger partial charge in [-0.25, -0.2) is 0 Å². The van der Waals surface area contributed by atoms with Gasteiger partial charge in [-0.15, -0.1) is 0 Å². The van der Waals surface area contributed by atoms with E-state index < -0.39 is 0 Å². The van der Waals surface area contributed by atoms with Gasteiger partial charge in [-0.05, 0) is 49.2 Å². The van der Waals surface area contributed by atoms with Gasteiger partial charge in [-0.1, -0.05) is 24.3 Å². The zero-order valence-electron chi connectivity index (χ0n) is 12.6. The summed E-state index contributed by atoms with van der Waals surface area (Å²) in [4.78, 5) is 2.40. The van der Waals surface area contributed by atoms with Crippen molar-refractivity contribution in [3.05, 3.63) is 65.2 Å². The van der Waals surface area contributed by atoms with Crippen molar-refractivity contribution in [2.45, 2.75) is 33.0 Å². The summed E-state index contributed by atoms with van der Waals surface area (Å²) in [5.41, 5.74) is 9.70. The fourth-order valence-corrected chi connectivity index (χ4v) is 2.20. The van der Waals surface area contributed by atoms with E-state index in [9.17, 15) is 0 Å². The average Bonchev–Trinajstić information content (AvgIpc) is 2.49. The monoisotopic (exact) mass is 279 g/mol. The Hall–Kier alpha value is -2.31. The minimum Gasteiger partial charge on any atom is -0.399 e. The Bertz CT molecular complexity index is 606. The first-order chi connectivity index (χ1) is 10.1. The van der Waals surface area contributed by atoms with E-state index in [4.69, 9.17) is 11.0 Å². The highest BCUT2D eigenvalue weighted by atomic mass is 15.1. The molecule has 2 aromatic carbocycles. The van der Waals surface area contributed by atoms with Crippen LogP contribution in [0.3, 0.4) is 0 Å². The Morgan fingerprint density at radius 3 is 1.86 bits per heavy atom. The summed E-state index contributed by atoms with van der Waals surface area (Å²) in [6.07, 6.45) is 0. The van der Waals surface area contributed by atoms with Gasteiger partial charge >= 0.3 is 0 Å². The zero-order valence-corrected chi connectivity index (χ0v) is 12.6. The number of hydrogen-bond acceptors (Lipinski definition) is 3. The Morgan fingerprint density at radius 2 is 1.43 bits per heavy atom. The van der Waals surface area contributed by atoms with Gasteiger partial charge in [0, 0.05) is 24.8 Å². The fraction of sp³-hybridized carbons (Fsp3) is 0.278. The summed E-state index contributed by atoms with van der Waals surface area (Å²) in [5.74, 6) is 0. The molecule has 108 valence electrons. The van der Waals surface area contributed by atoms with Gasteiger partial charge in [-0.3, -0.25) is 4.90 Å². The molecule has 0 bridgehead atoms. The minimum absolute atomic E-state index is 0.443. The summed E-state index contributed by atoms with van der Waals surface area (Å²) >= 11 is 0. The van der Waals surface area contributed by atoms with E-state index in [1.807, 2.05) is 36.4 Å². The Morgan fingerprint density at radius 1 is 0.952 bits per heavy atom. The van der Waals surface area contributed by atoms with Crippen LogP contribution in [0.25, 0.3) is 0 Å². The van der Waals surface area contributed by atoms with E-state index in [-0.39, 0.29) is 0 Å². The van der Waals surface area contributed by atoms with Gasteiger partial charge in [0.15, 0.2) is 0 Å². The van der Waals surface area contributed by atoms with Crippen LogP contribution in [0.15, 0.2) is 48.5 Å². The van der Waals surface area contributed by atoms with E-state index in [0.29, 0.717) is 11.6 Å². The van der Waals surface area contributed by atoms with Crippen LogP contribution >= 0.6 is 0 Å². The Labute approximate surface area is 126 Å². The Kier molecular flexibility index (Phi) is 4.97. The molecule has 2 rings (SSSR count). The molecule has 0 unspecified atom stereocenters.